The maximum absolute atomic E-state index is 11.4. The van der Waals surface area contributed by atoms with Gasteiger partial charge in [0.15, 0.2) is 0 Å². The first-order valence-electron chi connectivity index (χ1n) is 3.64. The lowest BCUT2D eigenvalue weighted by atomic mass is 10.5. The molecule has 13 heavy (non-hydrogen) atoms. The van der Waals surface area contributed by atoms with Crippen molar-refractivity contribution in [2.45, 2.75) is 13.5 Å². The summed E-state index contributed by atoms with van der Waals surface area (Å²) < 4.78 is 1.23. The van der Waals surface area contributed by atoms with Crippen molar-refractivity contribution in [3.8, 4) is 0 Å². The molecule has 0 saturated heterocycles. The monoisotopic (exact) mass is 197 g/mol. The molecule has 0 aliphatic heterocycles. The molecule has 2 N–H and O–H groups in total. The van der Waals surface area contributed by atoms with Gasteiger partial charge in [-0.05, 0) is 6.92 Å². The Morgan fingerprint density at radius 2 is 2.31 bits per heavy atom. The quantitative estimate of drug-likeness (QED) is 0.654. The largest absolute Gasteiger partial charge is 0.324 e. The average molecular weight is 197 g/mol. The van der Waals surface area contributed by atoms with Crippen LogP contribution in [0.2, 0.25) is 0 Å². The van der Waals surface area contributed by atoms with Gasteiger partial charge in [0, 0.05) is 6.54 Å². The fourth-order valence-electron chi connectivity index (χ4n) is 0.915. The van der Waals surface area contributed by atoms with Crippen LogP contribution in [0.1, 0.15) is 10.7 Å². The first kappa shape index (κ1) is 8.27. The number of hydrogen-bond donors (Lipinski definition) is 1. The molecule has 2 aromatic rings. The lowest BCUT2D eigenvalue weighted by molar-refractivity contribution is 0.803. The van der Waals surface area contributed by atoms with Gasteiger partial charge in [-0.25, -0.2) is 0 Å². The van der Waals surface area contributed by atoms with Crippen LogP contribution in [-0.4, -0.2) is 19.8 Å². The molecule has 0 aromatic carbocycles. The van der Waals surface area contributed by atoms with E-state index >= 15 is 0 Å². The van der Waals surface area contributed by atoms with Gasteiger partial charge < -0.3 is 5.73 Å². The fraction of sp³-hybridized carbons (Fsp3) is 0.333. The molecule has 0 saturated carbocycles. The van der Waals surface area contributed by atoms with E-state index in [0.29, 0.717) is 22.2 Å². The predicted molar refractivity (Wildman–Crippen MR) is 47.6 cm³/mol. The van der Waals surface area contributed by atoms with Crippen molar-refractivity contribution in [1.82, 2.24) is 19.8 Å². The van der Waals surface area contributed by atoms with Crippen molar-refractivity contribution in [2.75, 3.05) is 0 Å². The SMILES string of the molecule is Cc1nnc2sc(CN)nn2c1=O. The number of rotatable bonds is 1. The molecule has 0 amide bonds. The molecule has 6 nitrogen and oxygen atoms in total. The lowest BCUT2D eigenvalue weighted by Gasteiger charge is -1.88. The van der Waals surface area contributed by atoms with Crippen molar-refractivity contribution in [3.05, 3.63) is 21.1 Å². The van der Waals surface area contributed by atoms with E-state index in [1.54, 1.807) is 6.92 Å². The Bertz CT molecular complexity index is 501. The molecule has 0 atom stereocenters. The molecular weight excluding hydrogens is 190 g/mol. The van der Waals surface area contributed by atoms with Gasteiger partial charge in [-0.3, -0.25) is 4.79 Å². The van der Waals surface area contributed by atoms with E-state index in [1.165, 1.54) is 15.9 Å². The van der Waals surface area contributed by atoms with E-state index in [1.807, 2.05) is 0 Å². The summed E-state index contributed by atoms with van der Waals surface area (Å²) in [6.07, 6.45) is 0. The topological polar surface area (TPSA) is 86.2 Å². The van der Waals surface area contributed by atoms with Gasteiger partial charge in [0.1, 0.15) is 10.7 Å². The molecule has 2 aromatic heterocycles. The lowest BCUT2D eigenvalue weighted by Crippen LogP contribution is -2.19. The van der Waals surface area contributed by atoms with Crippen LogP contribution in [0.5, 0.6) is 0 Å². The van der Waals surface area contributed by atoms with Crippen LogP contribution in [0.4, 0.5) is 0 Å². The Morgan fingerprint density at radius 3 is 3.00 bits per heavy atom. The van der Waals surface area contributed by atoms with Gasteiger partial charge in [0.25, 0.3) is 5.56 Å². The summed E-state index contributed by atoms with van der Waals surface area (Å²) in [4.78, 5) is 11.9. The summed E-state index contributed by atoms with van der Waals surface area (Å²) in [5, 5.41) is 12.2. The van der Waals surface area contributed by atoms with Crippen molar-refractivity contribution in [1.29, 1.82) is 0 Å². The first-order chi connectivity index (χ1) is 6.22. The van der Waals surface area contributed by atoms with Gasteiger partial charge >= 0.3 is 0 Å². The molecule has 0 spiro atoms. The van der Waals surface area contributed by atoms with Crippen molar-refractivity contribution in [3.63, 3.8) is 0 Å². The molecule has 0 fully saturated rings. The van der Waals surface area contributed by atoms with Gasteiger partial charge in [0.2, 0.25) is 4.96 Å². The molecule has 2 heterocycles. The Labute approximate surface area is 77.0 Å². The Hall–Kier alpha value is -1.34. The zero-order chi connectivity index (χ0) is 9.42. The normalized spacial score (nSPS) is 10.9. The molecule has 2 rings (SSSR count). The van der Waals surface area contributed by atoms with Crippen LogP contribution in [0.25, 0.3) is 4.96 Å². The van der Waals surface area contributed by atoms with Crippen LogP contribution in [0, 0.1) is 6.92 Å². The second-order valence-corrected chi connectivity index (χ2v) is 3.53. The van der Waals surface area contributed by atoms with E-state index < -0.39 is 0 Å². The molecule has 0 aliphatic carbocycles. The number of hydrogen-bond acceptors (Lipinski definition) is 6. The minimum atomic E-state index is -0.235. The Balaban J connectivity index is 2.84. The van der Waals surface area contributed by atoms with Crippen molar-refractivity contribution < 1.29 is 0 Å². The van der Waals surface area contributed by atoms with E-state index in [2.05, 4.69) is 15.3 Å². The van der Waals surface area contributed by atoms with Crippen molar-refractivity contribution >= 4 is 16.3 Å². The zero-order valence-corrected chi connectivity index (χ0v) is 7.71. The summed E-state index contributed by atoms with van der Waals surface area (Å²) in [6.45, 7) is 1.91. The molecule has 68 valence electrons. The third kappa shape index (κ3) is 1.21. The highest BCUT2D eigenvalue weighted by Gasteiger charge is 2.07. The number of aryl methyl sites for hydroxylation is 1. The Kier molecular flexibility index (Phi) is 1.82. The average Bonchev–Trinajstić information content (AvgIpc) is 2.55. The second-order valence-electron chi connectivity index (χ2n) is 2.48. The van der Waals surface area contributed by atoms with E-state index in [-0.39, 0.29) is 5.56 Å². The molecule has 0 radical (unpaired) electrons. The van der Waals surface area contributed by atoms with Crippen LogP contribution < -0.4 is 11.3 Å². The molecule has 0 bridgehead atoms. The third-order valence-corrected chi connectivity index (χ3v) is 2.48. The third-order valence-electron chi connectivity index (χ3n) is 1.56. The number of aromatic nitrogens is 4. The highest BCUT2D eigenvalue weighted by molar-refractivity contribution is 7.16. The van der Waals surface area contributed by atoms with E-state index in [9.17, 15) is 4.79 Å². The minimum Gasteiger partial charge on any atom is -0.324 e. The van der Waals surface area contributed by atoms with Gasteiger partial charge in [-0.1, -0.05) is 11.3 Å². The maximum Gasteiger partial charge on any atom is 0.296 e. The number of nitrogens with two attached hydrogens (primary N) is 1. The summed E-state index contributed by atoms with van der Waals surface area (Å²) in [6, 6.07) is 0. The predicted octanol–water partition coefficient (Wildman–Crippen LogP) is -0.687. The standard InChI is InChI=1S/C6H7N5OS/c1-3-5(12)11-6(9-8-3)13-4(2-7)10-11/h2,7H2,1H3. The van der Waals surface area contributed by atoms with Crippen LogP contribution in [-0.2, 0) is 6.54 Å². The van der Waals surface area contributed by atoms with E-state index in [0.717, 1.165) is 0 Å². The van der Waals surface area contributed by atoms with Crippen LogP contribution in [0.3, 0.4) is 0 Å². The smallest absolute Gasteiger partial charge is 0.296 e. The summed E-state index contributed by atoms with van der Waals surface area (Å²) >= 11 is 1.27. The number of fused-ring (bicyclic) bond motifs is 1. The zero-order valence-electron chi connectivity index (χ0n) is 6.89. The minimum absolute atomic E-state index is 0.235. The number of nitrogens with zero attached hydrogens (tertiary/aromatic N) is 4. The second kappa shape index (κ2) is 2.86. The molecular formula is C6H7N5OS. The van der Waals surface area contributed by atoms with Crippen LogP contribution in [0.15, 0.2) is 4.79 Å². The summed E-state index contributed by atoms with van der Waals surface area (Å²) in [5.74, 6) is 0. The van der Waals surface area contributed by atoms with E-state index in [4.69, 9.17) is 5.73 Å². The molecule has 0 unspecified atom stereocenters. The first-order valence-corrected chi connectivity index (χ1v) is 4.46. The van der Waals surface area contributed by atoms with Gasteiger partial charge in [-0.15, -0.1) is 10.2 Å². The molecule has 0 aliphatic rings. The molecule has 7 heteroatoms. The van der Waals surface area contributed by atoms with Crippen molar-refractivity contribution in [2.24, 2.45) is 5.73 Å². The summed E-state index contributed by atoms with van der Waals surface area (Å²) in [5.41, 5.74) is 5.49. The Morgan fingerprint density at radius 1 is 1.54 bits per heavy atom. The summed E-state index contributed by atoms with van der Waals surface area (Å²) in [7, 11) is 0. The van der Waals surface area contributed by atoms with Gasteiger partial charge in [-0.2, -0.15) is 9.61 Å². The maximum atomic E-state index is 11.4. The van der Waals surface area contributed by atoms with Gasteiger partial charge in [0.05, 0.1) is 0 Å². The highest BCUT2D eigenvalue weighted by Crippen LogP contribution is 2.08. The fourth-order valence-corrected chi connectivity index (χ4v) is 1.62. The highest BCUT2D eigenvalue weighted by atomic mass is 32.1. The van der Waals surface area contributed by atoms with Crippen LogP contribution >= 0.6 is 11.3 Å².